The number of hydrazone groups is 1. The third-order valence-electron chi connectivity index (χ3n) is 6.12. The number of carbonyl (C=O) groups excluding carboxylic acids is 1. The lowest BCUT2D eigenvalue weighted by Gasteiger charge is -2.11. The highest BCUT2D eigenvalue weighted by atomic mass is 32.2. The topological polar surface area (TPSA) is 113 Å². The summed E-state index contributed by atoms with van der Waals surface area (Å²) in [5.74, 6) is 2.35. The minimum Gasteiger partial charge on any atom is -0.494 e. The molecule has 0 atom stereocenters. The van der Waals surface area contributed by atoms with E-state index in [1.54, 1.807) is 31.8 Å². The first-order valence-corrected chi connectivity index (χ1v) is 14.5. The second-order valence-electron chi connectivity index (χ2n) is 9.08. The van der Waals surface area contributed by atoms with Gasteiger partial charge < -0.3 is 14.2 Å². The van der Waals surface area contributed by atoms with Gasteiger partial charge in [0.1, 0.15) is 12.4 Å². The molecule has 0 saturated heterocycles. The summed E-state index contributed by atoms with van der Waals surface area (Å²) in [5.41, 5.74) is 6.01. The number of methoxy groups -OCH3 is 1. The Bertz CT molecular complexity index is 1660. The van der Waals surface area contributed by atoms with Gasteiger partial charge >= 0.3 is 0 Å². The van der Waals surface area contributed by atoms with E-state index in [9.17, 15) is 4.79 Å². The van der Waals surface area contributed by atoms with E-state index in [0.29, 0.717) is 35.7 Å². The van der Waals surface area contributed by atoms with Gasteiger partial charge in [-0.05, 0) is 72.6 Å². The van der Waals surface area contributed by atoms with E-state index in [-0.39, 0.29) is 11.7 Å². The summed E-state index contributed by atoms with van der Waals surface area (Å²) in [4.78, 5) is 16.9. The number of hydrogen-bond donors (Lipinski definition) is 1. The molecule has 11 heteroatoms. The molecule has 0 radical (unpaired) electrons. The van der Waals surface area contributed by atoms with Crippen LogP contribution >= 0.6 is 11.8 Å². The zero-order valence-electron chi connectivity index (χ0n) is 23.7. The van der Waals surface area contributed by atoms with Crippen LogP contribution in [0.5, 0.6) is 17.2 Å². The first-order valence-electron chi connectivity index (χ1n) is 13.5. The maximum Gasteiger partial charge on any atom is 0.250 e. The van der Waals surface area contributed by atoms with Crippen LogP contribution in [0.2, 0.25) is 0 Å². The second-order valence-corrected chi connectivity index (χ2v) is 10.0. The van der Waals surface area contributed by atoms with Crippen LogP contribution < -0.4 is 19.6 Å². The minimum atomic E-state index is -0.291. The molecule has 5 rings (SSSR count). The lowest BCUT2D eigenvalue weighted by molar-refractivity contribution is -0.118. The number of benzene rings is 3. The van der Waals surface area contributed by atoms with Gasteiger partial charge in [-0.2, -0.15) is 5.10 Å². The molecule has 3 aromatic carbocycles. The Balaban J connectivity index is 1.22. The lowest BCUT2D eigenvalue weighted by Crippen LogP contribution is -2.20. The fourth-order valence-corrected chi connectivity index (χ4v) is 4.84. The molecule has 2 aromatic heterocycles. The van der Waals surface area contributed by atoms with Crippen LogP contribution in [0.3, 0.4) is 0 Å². The van der Waals surface area contributed by atoms with Crippen molar-refractivity contribution in [3.05, 3.63) is 108 Å². The number of nitrogens with one attached hydrogen (secondary N) is 1. The maximum absolute atomic E-state index is 12.7. The first kappa shape index (κ1) is 29.3. The van der Waals surface area contributed by atoms with Gasteiger partial charge in [-0.15, -0.1) is 10.2 Å². The number of nitrogens with zero attached hydrogens (tertiary/aromatic N) is 5. The molecule has 0 fully saturated rings. The molecule has 0 unspecified atom stereocenters. The van der Waals surface area contributed by atoms with Gasteiger partial charge in [0.15, 0.2) is 22.5 Å². The number of aromatic nitrogens is 4. The molecule has 0 aliphatic rings. The van der Waals surface area contributed by atoms with Gasteiger partial charge in [0.05, 0.1) is 25.7 Å². The average molecular weight is 595 g/mol. The lowest BCUT2D eigenvalue weighted by atomic mass is 10.2. The smallest absolute Gasteiger partial charge is 0.250 e. The maximum atomic E-state index is 12.7. The van der Waals surface area contributed by atoms with E-state index in [2.05, 4.69) is 25.7 Å². The van der Waals surface area contributed by atoms with Gasteiger partial charge in [-0.1, -0.05) is 42.1 Å². The van der Waals surface area contributed by atoms with Crippen LogP contribution in [0.25, 0.3) is 17.1 Å². The van der Waals surface area contributed by atoms with Gasteiger partial charge in [0.25, 0.3) is 5.91 Å². The molecule has 0 aliphatic heterocycles. The molecule has 0 saturated carbocycles. The molecule has 0 bridgehead atoms. The summed E-state index contributed by atoms with van der Waals surface area (Å²) >= 11 is 1.25. The van der Waals surface area contributed by atoms with Gasteiger partial charge in [0, 0.05) is 23.6 Å². The van der Waals surface area contributed by atoms with Crippen LogP contribution in [-0.2, 0) is 11.4 Å². The Kier molecular flexibility index (Phi) is 9.99. The Morgan fingerprint density at radius 1 is 0.977 bits per heavy atom. The predicted octanol–water partition coefficient (Wildman–Crippen LogP) is 5.56. The molecule has 2 heterocycles. The van der Waals surface area contributed by atoms with Crippen molar-refractivity contribution in [1.82, 2.24) is 25.2 Å². The Morgan fingerprint density at radius 3 is 2.56 bits per heavy atom. The highest BCUT2D eigenvalue weighted by molar-refractivity contribution is 7.99. The minimum absolute atomic E-state index is 0.0785. The molecule has 0 spiro atoms. The van der Waals surface area contributed by atoms with Crippen molar-refractivity contribution in [2.45, 2.75) is 18.7 Å². The van der Waals surface area contributed by atoms with Crippen molar-refractivity contribution in [2.24, 2.45) is 5.10 Å². The van der Waals surface area contributed by atoms with E-state index in [1.807, 2.05) is 90.4 Å². The number of thioether (sulfide) groups is 1. The molecule has 1 N–H and O–H groups in total. The van der Waals surface area contributed by atoms with Crippen LogP contribution in [0.4, 0.5) is 0 Å². The number of rotatable bonds is 13. The van der Waals surface area contributed by atoms with Crippen LogP contribution in [0.1, 0.15) is 18.1 Å². The van der Waals surface area contributed by atoms with Gasteiger partial charge in [-0.3, -0.25) is 14.3 Å². The average Bonchev–Trinajstić information content (AvgIpc) is 3.48. The van der Waals surface area contributed by atoms with Gasteiger partial charge in [0.2, 0.25) is 0 Å². The first-order chi connectivity index (χ1) is 21.1. The van der Waals surface area contributed by atoms with E-state index >= 15 is 0 Å². The molecular formula is C32H30N6O4S. The van der Waals surface area contributed by atoms with Crippen LogP contribution in [0, 0.1) is 0 Å². The fourth-order valence-electron chi connectivity index (χ4n) is 4.10. The predicted molar refractivity (Wildman–Crippen MR) is 166 cm³/mol. The Labute approximate surface area is 253 Å². The number of amides is 1. The largest absolute Gasteiger partial charge is 0.494 e. The summed E-state index contributed by atoms with van der Waals surface area (Å²) in [6, 6.07) is 26.7. The summed E-state index contributed by atoms with van der Waals surface area (Å²) in [6.45, 7) is 2.94. The number of pyridine rings is 1. The highest BCUT2D eigenvalue weighted by Gasteiger charge is 2.17. The monoisotopic (exact) mass is 594 g/mol. The summed E-state index contributed by atoms with van der Waals surface area (Å²) < 4.78 is 18.9. The molecule has 43 heavy (non-hydrogen) atoms. The Morgan fingerprint density at radius 2 is 1.81 bits per heavy atom. The highest BCUT2D eigenvalue weighted by Crippen LogP contribution is 2.30. The fraction of sp³-hybridized carbons (Fsp3) is 0.156. The van der Waals surface area contributed by atoms with Crippen LogP contribution in [0.15, 0.2) is 108 Å². The summed E-state index contributed by atoms with van der Waals surface area (Å²) in [7, 11) is 1.58. The van der Waals surface area contributed by atoms with E-state index in [0.717, 1.165) is 28.1 Å². The van der Waals surface area contributed by atoms with E-state index in [1.165, 1.54) is 11.8 Å². The van der Waals surface area contributed by atoms with Crippen molar-refractivity contribution in [1.29, 1.82) is 0 Å². The summed E-state index contributed by atoms with van der Waals surface area (Å²) in [5, 5.41) is 13.4. The van der Waals surface area contributed by atoms with E-state index in [4.69, 9.17) is 14.2 Å². The van der Waals surface area contributed by atoms with E-state index < -0.39 is 0 Å². The SMILES string of the molecule is CCOc1ccc(-n2c(SCC(=O)N/N=C\c3ccc(OCc4ccccc4)c(OC)c3)nnc2-c2cccnc2)cc1. The molecule has 5 aromatic rings. The normalized spacial score (nSPS) is 10.9. The van der Waals surface area contributed by atoms with Crippen molar-refractivity contribution in [3.63, 3.8) is 0 Å². The third kappa shape index (κ3) is 7.77. The second kappa shape index (κ2) is 14.6. The zero-order valence-corrected chi connectivity index (χ0v) is 24.5. The zero-order chi connectivity index (χ0) is 29.9. The van der Waals surface area contributed by atoms with Crippen molar-refractivity contribution < 1.29 is 19.0 Å². The van der Waals surface area contributed by atoms with Crippen molar-refractivity contribution in [2.75, 3.05) is 19.5 Å². The summed E-state index contributed by atoms with van der Waals surface area (Å²) in [6.07, 6.45) is 4.97. The van der Waals surface area contributed by atoms with Crippen LogP contribution in [-0.4, -0.2) is 51.3 Å². The Hall–Kier alpha value is -5.16. The number of ether oxygens (including phenoxy) is 3. The standard InChI is InChI=1S/C32H30N6O4S/c1-3-41-27-14-12-26(13-15-27)38-31(25-10-7-17-33-20-25)36-37-32(38)43-22-30(39)35-34-19-24-11-16-28(29(18-24)40-2)42-21-23-8-5-4-6-9-23/h4-20H,3,21-22H2,1-2H3,(H,35,39)/b34-19-. The van der Waals surface area contributed by atoms with Crippen molar-refractivity contribution in [3.8, 4) is 34.3 Å². The molecular weight excluding hydrogens is 564 g/mol. The van der Waals surface area contributed by atoms with Gasteiger partial charge in [-0.25, -0.2) is 5.43 Å². The molecule has 1 amide bonds. The molecule has 10 nitrogen and oxygen atoms in total. The molecule has 218 valence electrons. The third-order valence-corrected chi connectivity index (χ3v) is 7.05. The quantitative estimate of drug-likeness (QED) is 0.107. The number of hydrogen-bond acceptors (Lipinski definition) is 9. The number of carbonyl (C=O) groups is 1. The molecule has 0 aliphatic carbocycles. The van der Waals surface area contributed by atoms with Crippen molar-refractivity contribution >= 4 is 23.9 Å².